The zero-order valence-corrected chi connectivity index (χ0v) is 18.4. The summed E-state index contributed by atoms with van der Waals surface area (Å²) in [6, 6.07) is 10.5. The average Bonchev–Trinajstić information content (AvgIpc) is 3.34. The summed E-state index contributed by atoms with van der Waals surface area (Å²) in [4.78, 5) is 36.4. The van der Waals surface area contributed by atoms with Crippen LogP contribution in [0.4, 0.5) is 11.4 Å². The summed E-state index contributed by atoms with van der Waals surface area (Å²) in [7, 11) is 2.74. The minimum Gasteiger partial charge on any atom is -0.493 e. The molecule has 1 aromatic heterocycles. The number of anilines is 2. The van der Waals surface area contributed by atoms with E-state index in [1.54, 1.807) is 12.1 Å². The Morgan fingerprint density at radius 1 is 0.970 bits per heavy atom. The second-order valence-electron chi connectivity index (χ2n) is 6.54. The summed E-state index contributed by atoms with van der Waals surface area (Å²) in [6.07, 6.45) is 1.37. The third-order valence-electron chi connectivity index (χ3n) is 4.30. The molecule has 11 heteroatoms. The molecule has 0 atom stereocenters. The Morgan fingerprint density at radius 2 is 1.64 bits per heavy atom. The van der Waals surface area contributed by atoms with E-state index in [0.29, 0.717) is 5.02 Å². The van der Waals surface area contributed by atoms with E-state index in [0.717, 1.165) is 0 Å². The molecule has 0 aliphatic heterocycles. The van der Waals surface area contributed by atoms with Gasteiger partial charge in [-0.2, -0.15) is 0 Å². The molecule has 3 amide bonds. The van der Waals surface area contributed by atoms with Gasteiger partial charge in [0.25, 0.3) is 17.7 Å². The minimum atomic E-state index is -0.687. The molecule has 10 nitrogen and oxygen atoms in total. The van der Waals surface area contributed by atoms with Crippen molar-refractivity contribution < 1.29 is 33.0 Å². The molecule has 0 fully saturated rings. The van der Waals surface area contributed by atoms with Crippen molar-refractivity contribution >= 4 is 40.7 Å². The first kappa shape index (κ1) is 23.5. The number of benzene rings is 2. The van der Waals surface area contributed by atoms with Crippen molar-refractivity contribution in [3.63, 3.8) is 0 Å². The number of halogens is 1. The lowest BCUT2D eigenvalue weighted by Crippen LogP contribution is -2.20. The fourth-order valence-electron chi connectivity index (χ4n) is 2.81. The predicted octanol–water partition coefficient (Wildman–Crippen LogP) is 3.32. The predicted molar refractivity (Wildman–Crippen MR) is 120 cm³/mol. The topological polar surface area (TPSA) is 142 Å². The van der Waals surface area contributed by atoms with Crippen molar-refractivity contribution in [2.45, 2.75) is 0 Å². The number of carbonyl (C=O) groups is 3. The molecule has 2 aromatic carbocycles. The molecule has 0 spiro atoms. The van der Waals surface area contributed by atoms with Crippen molar-refractivity contribution in [1.82, 2.24) is 0 Å². The summed E-state index contributed by atoms with van der Waals surface area (Å²) in [5.41, 5.74) is 5.83. The van der Waals surface area contributed by atoms with Crippen molar-refractivity contribution in [3.05, 3.63) is 65.1 Å². The molecule has 0 unspecified atom stereocenters. The third kappa shape index (κ3) is 5.74. The van der Waals surface area contributed by atoms with Gasteiger partial charge in [0.15, 0.2) is 23.9 Å². The highest BCUT2D eigenvalue weighted by Gasteiger charge is 2.20. The summed E-state index contributed by atoms with van der Waals surface area (Å²) >= 11 is 6.06. The second kappa shape index (κ2) is 10.4. The van der Waals surface area contributed by atoms with Gasteiger partial charge in [-0.05, 0) is 42.5 Å². The molecule has 0 aliphatic carbocycles. The van der Waals surface area contributed by atoms with Gasteiger partial charge in [0.2, 0.25) is 5.75 Å². The van der Waals surface area contributed by atoms with E-state index in [1.807, 2.05) is 0 Å². The molecule has 3 aromatic rings. The highest BCUT2D eigenvalue weighted by molar-refractivity contribution is 6.31. The Bertz CT molecular complexity index is 1150. The molecule has 0 bridgehead atoms. The number of nitrogens with two attached hydrogens (primary N) is 1. The highest BCUT2D eigenvalue weighted by atomic mass is 35.5. The van der Waals surface area contributed by atoms with Gasteiger partial charge in [-0.25, -0.2) is 0 Å². The summed E-state index contributed by atoms with van der Waals surface area (Å²) in [6.45, 7) is -0.401. The van der Waals surface area contributed by atoms with Crippen LogP contribution in [0.2, 0.25) is 5.02 Å². The lowest BCUT2D eigenvalue weighted by molar-refractivity contribution is -0.120. The van der Waals surface area contributed by atoms with Crippen LogP contribution in [0.1, 0.15) is 20.9 Å². The van der Waals surface area contributed by atoms with E-state index in [2.05, 4.69) is 10.6 Å². The van der Waals surface area contributed by atoms with Gasteiger partial charge in [-0.1, -0.05) is 11.6 Å². The molecular formula is C22H20ClN3O7. The third-order valence-corrected chi connectivity index (χ3v) is 4.54. The first-order valence-corrected chi connectivity index (χ1v) is 9.83. The molecule has 0 saturated carbocycles. The summed E-state index contributed by atoms with van der Waals surface area (Å²) in [5.74, 6) is -1.22. The molecule has 33 heavy (non-hydrogen) atoms. The van der Waals surface area contributed by atoms with Crippen LogP contribution in [-0.4, -0.2) is 38.5 Å². The summed E-state index contributed by atoms with van der Waals surface area (Å²) < 4.78 is 21.0. The van der Waals surface area contributed by atoms with Crippen molar-refractivity contribution in [3.8, 4) is 17.2 Å². The molecule has 3 rings (SSSR count). The van der Waals surface area contributed by atoms with Crippen LogP contribution in [0.25, 0.3) is 0 Å². The fraction of sp³-hybridized carbons (Fsp3) is 0.136. The number of ether oxygens (including phenoxy) is 3. The van der Waals surface area contributed by atoms with E-state index >= 15 is 0 Å². The normalized spacial score (nSPS) is 10.3. The number of rotatable bonds is 9. The van der Waals surface area contributed by atoms with Crippen molar-refractivity contribution in [1.29, 1.82) is 0 Å². The highest BCUT2D eigenvalue weighted by Crippen LogP contribution is 2.39. The van der Waals surface area contributed by atoms with E-state index in [1.165, 1.54) is 50.8 Å². The maximum absolute atomic E-state index is 13.0. The zero-order valence-electron chi connectivity index (χ0n) is 17.6. The zero-order chi connectivity index (χ0) is 24.0. The smallest absolute Gasteiger partial charge is 0.291 e. The van der Waals surface area contributed by atoms with Crippen molar-refractivity contribution in [2.75, 3.05) is 31.5 Å². The lowest BCUT2D eigenvalue weighted by atomic mass is 10.1. The van der Waals surface area contributed by atoms with Crippen LogP contribution in [0.5, 0.6) is 17.2 Å². The van der Waals surface area contributed by atoms with Crippen molar-refractivity contribution in [2.24, 2.45) is 5.73 Å². The average molecular weight is 474 g/mol. The first-order valence-electron chi connectivity index (χ1n) is 9.45. The van der Waals surface area contributed by atoms with Gasteiger partial charge in [-0.3, -0.25) is 14.4 Å². The van der Waals surface area contributed by atoms with Gasteiger partial charge in [-0.15, -0.1) is 0 Å². The van der Waals surface area contributed by atoms with Crippen LogP contribution in [-0.2, 0) is 4.79 Å². The lowest BCUT2D eigenvalue weighted by Gasteiger charge is -2.16. The number of nitrogens with one attached hydrogen (secondary N) is 2. The monoisotopic (exact) mass is 473 g/mol. The molecule has 0 saturated heterocycles. The van der Waals surface area contributed by atoms with E-state index in [-0.39, 0.29) is 39.9 Å². The Kier molecular flexibility index (Phi) is 7.42. The maximum atomic E-state index is 13.0. The largest absolute Gasteiger partial charge is 0.493 e. The minimum absolute atomic E-state index is 0.0910. The van der Waals surface area contributed by atoms with E-state index in [4.69, 9.17) is 36.0 Å². The molecule has 1 heterocycles. The van der Waals surface area contributed by atoms with Crippen LogP contribution >= 0.6 is 11.6 Å². The summed E-state index contributed by atoms with van der Waals surface area (Å²) in [5, 5.41) is 5.70. The van der Waals surface area contributed by atoms with Gasteiger partial charge in [0.05, 0.1) is 31.9 Å². The Morgan fingerprint density at radius 3 is 2.21 bits per heavy atom. The first-order chi connectivity index (χ1) is 15.8. The quantitative estimate of drug-likeness (QED) is 0.432. The van der Waals surface area contributed by atoms with E-state index < -0.39 is 24.3 Å². The molecule has 0 radical (unpaired) electrons. The molecule has 172 valence electrons. The van der Waals surface area contributed by atoms with Crippen LogP contribution in [0.15, 0.2) is 53.1 Å². The van der Waals surface area contributed by atoms with Gasteiger partial charge in [0, 0.05) is 10.6 Å². The second-order valence-corrected chi connectivity index (χ2v) is 6.98. The number of furan rings is 1. The number of carbonyl (C=O) groups excluding carboxylic acids is 3. The molecule has 4 N–H and O–H groups in total. The van der Waals surface area contributed by atoms with Gasteiger partial charge in [0.1, 0.15) is 0 Å². The Balaban J connectivity index is 1.88. The Hall–Kier alpha value is -4.18. The number of amides is 3. The maximum Gasteiger partial charge on any atom is 0.291 e. The number of primary amides is 1. The van der Waals surface area contributed by atoms with E-state index in [9.17, 15) is 14.4 Å². The number of hydrogen-bond acceptors (Lipinski definition) is 7. The number of methoxy groups -OCH3 is 2. The van der Waals surface area contributed by atoms with Crippen LogP contribution in [0.3, 0.4) is 0 Å². The molecule has 0 aliphatic rings. The Labute approximate surface area is 193 Å². The van der Waals surface area contributed by atoms with Gasteiger partial charge < -0.3 is 35.0 Å². The standard InChI is InChI=1S/C22H20ClN3O7/c1-30-17-8-12(9-18(31-2)20(17)33-11-19(24)27)21(28)25-14-6-5-13(23)10-15(14)26-22(29)16-4-3-7-32-16/h3-10H,11H2,1-2H3,(H2,24,27)(H,25,28)(H,26,29). The SMILES string of the molecule is COc1cc(C(=O)Nc2ccc(Cl)cc2NC(=O)c2ccco2)cc(OC)c1OCC(N)=O. The van der Waals surface area contributed by atoms with Gasteiger partial charge >= 0.3 is 0 Å². The number of hydrogen-bond donors (Lipinski definition) is 3. The van der Waals surface area contributed by atoms with Crippen LogP contribution in [0, 0.1) is 0 Å². The fourth-order valence-corrected chi connectivity index (χ4v) is 2.98. The molecular weight excluding hydrogens is 454 g/mol. The van der Waals surface area contributed by atoms with Crippen LogP contribution < -0.4 is 30.6 Å².